The third-order valence-electron chi connectivity index (χ3n) is 5.02. The van der Waals surface area contributed by atoms with Crippen LogP contribution in [-0.4, -0.2) is 56.8 Å². The predicted octanol–water partition coefficient (Wildman–Crippen LogP) is 3.50. The Morgan fingerprint density at radius 1 is 1.29 bits per heavy atom. The monoisotopic (exact) mass is 425 g/mol. The summed E-state index contributed by atoms with van der Waals surface area (Å²) in [6.07, 6.45) is 1.62. The standard InChI is InChI=1S/C22H24FN5O3/c1-22(2,3)31-21(30)28-10-8-14(12-28)25-20(29)18-16-11-13(6-7-17(16)26-27-18)15-5-4-9-24-19(15)23/h4-7,9,11,14H,8,10,12H2,1-3H3,(H,25,29)(H,26,27). The van der Waals surface area contributed by atoms with Crippen LogP contribution < -0.4 is 5.32 Å². The second-order valence-electron chi connectivity index (χ2n) is 8.56. The quantitative estimate of drug-likeness (QED) is 0.626. The van der Waals surface area contributed by atoms with Gasteiger partial charge in [-0.15, -0.1) is 0 Å². The van der Waals surface area contributed by atoms with E-state index in [2.05, 4.69) is 20.5 Å². The molecule has 1 aliphatic rings. The van der Waals surface area contributed by atoms with Crippen LogP contribution in [0.1, 0.15) is 37.7 Å². The van der Waals surface area contributed by atoms with E-state index in [1.54, 1.807) is 35.2 Å². The highest BCUT2D eigenvalue weighted by atomic mass is 19.1. The molecule has 1 unspecified atom stereocenters. The maximum atomic E-state index is 14.1. The van der Waals surface area contributed by atoms with Crippen LogP contribution in [0.5, 0.6) is 0 Å². The smallest absolute Gasteiger partial charge is 0.410 e. The number of halogens is 1. The molecular formula is C22H24FN5O3. The molecule has 4 rings (SSSR count). The number of rotatable bonds is 3. The van der Waals surface area contributed by atoms with Gasteiger partial charge in [0.15, 0.2) is 5.69 Å². The zero-order chi connectivity index (χ0) is 22.2. The number of likely N-dealkylation sites (tertiary alicyclic amines) is 1. The van der Waals surface area contributed by atoms with Crippen LogP contribution in [0.4, 0.5) is 9.18 Å². The Morgan fingerprint density at radius 2 is 2.10 bits per heavy atom. The lowest BCUT2D eigenvalue weighted by atomic mass is 10.0. The fourth-order valence-corrected chi connectivity index (χ4v) is 3.58. The summed E-state index contributed by atoms with van der Waals surface area (Å²) < 4.78 is 19.5. The largest absolute Gasteiger partial charge is 0.444 e. The Bertz CT molecular complexity index is 1140. The highest BCUT2D eigenvalue weighted by Gasteiger charge is 2.31. The molecule has 3 aromatic rings. The van der Waals surface area contributed by atoms with Crippen LogP contribution in [0, 0.1) is 5.95 Å². The lowest BCUT2D eigenvalue weighted by Gasteiger charge is -2.24. The number of ether oxygens (including phenoxy) is 1. The molecule has 0 saturated carbocycles. The number of pyridine rings is 1. The summed E-state index contributed by atoms with van der Waals surface area (Å²) in [5.41, 5.74) is 1.26. The van der Waals surface area contributed by atoms with Gasteiger partial charge in [0.2, 0.25) is 5.95 Å². The number of benzene rings is 1. The summed E-state index contributed by atoms with van der Waals surface area (Å²) in [5.74, 6) is -0.935. The van der Waals surface area contributed by atoms with Gasteiger partial charge in [-0.2, -0.15) is 9.49 Å². The number of nitrogens with one attached hydrogen (secondary N) is 2. The van der Waals surface area contributed by atoms with E-state index >= 15 is 0 Å². The molecular weight excluding hydrogens is 401 g/mol. The third kappa shape index (κ3) is 4.50. The molecule has 1 fully saturated rings. The van der Waals surface area contributed by atoms with Gasteiger partial charge in [-0.1, -0.05) is 6.07 Å². The van der Waals surface area contributed by atoms with Crippen molar-refractivity contribution < 1.29 is 18.7 Å². The van der Waals surface area contributed by atoms with Gasteiger partial charge in [-0.25, -0.2) is 9.78 Å². The first kappa shape index (κ1) is 20.8. The summed E-state index contributed by atoms with van der Waals surface area (Å²) in [4.78, 5) is 30.4. The maximum Gasteiger partial charge on any atom is 0.410 e. The van der Waals surface area contributed by atoms with E-state index in [1.165, 1.54) is 6.20 Å². The number of fused-ring (bicyclic) bond motifs is 1. The predicted molar refractivity (Wildman–Crippen MR) is 113 cm³/mol. The van der Waals surface area contributed by atoms with Crippen molar-refractivity contribution in [2.45, 2.75) is 38.8 Å². The fourth-order valence-electron chi connectivity index (χ4n) is 3.58. The minimum atomic E-state index is -0.579. The van der Waals surface area contributed by atoms with Gasteiger partial charge < -0.3 is 15.0 Å². The molecule has 2 amide bonds. The van der Waals surface area contributed by atoms with Crippen LogP contribution in [0.15, 0.2) is 36.5 Å². The summed E-state index contributed by atoms with van der Waals surface area (Å²) in [7, 11) is 0. The molecule has 9 heteroatoms. The number of aromatic amines is 1. The average Bonchev–Trinajstić information content (AvgIpc) is 3.33. The van der Waals surface area contributed by atoms with Crippen molar-refractivity contribution in [2.24, 2.45) is 0 Å². The van der Waals surface area contributed by atoms with Gasteiger partial charge in [-0.3, -0.25) is 9.89 Å². The van der Waals surface area contributed by atoms with Crippen LogP contribution >= 0.6 is 0 Å². The van der Waals surface area contributed by atoms with Gasteiger partial charge in [0.1, 0.15) is 5.60 Å². The van der Waals surface area contributed by atoms with Gasteiger partial charge >= 0.3 is 6.09 Å². The number of hydrogen-bond acceptors (Lipinski definition) is 5. The molecule has 1 saturated heterocycles. The molecule has 2 aromatic heterocycles. The van der Waals surface area contributed by atoms with Crippen molar-refractivity contribution in [1.29, 1.82) is 0 Å². The van der Waals surface area contributed by atoms with Crippen molar-refractivity contribution in [3.63, 3.8) is 0 Å². The molecule has 0 spiro atoms. The normalized spacial score (nSPS) is 16.5. The molecule has 0 aliphatic carbocycles. The number of carbonyl (C=O) groups is 2. The lowest BCUT2D eigenvalue weighted by Crippen LogP contribution is -2.40. The zero-order valence-corrected chi connectivity index (χ0v) is 17.6. The van der Waals surface area contributed by atoms with Crippen LogP contribution in [0.3, 0.4) is 0 Å². The number of H-pyrrole nitrogens is 1. The van der Waals surface area contributed by atoms with Crippen molar-refractivity contribution in [3.05, 3.63) is 48.2 Å². The molecule has 1 atom stereocenters. The van der Waals surface area contributed by atoms with E-state index in [0.29, 0.717) is 41.5 Å². The second-order valence-corrected chi connectivity index (χ2v) is 8.56. The van der Waals surface area contributed by atoms with E-state index in [-0.39, 0.29) is 17.6 Å². The Labute approximate surface area is 178 Å². The van der Waals surface area contributed by atoms with Gasteiger partial charge in [0.05, 0.1) is 5.52 Å². The molecule has 1 aliphatic heterocycles. The van der Waals surface area contributed by atoms with Gasteiger partial charge in [0, 0.05) is 36.3 Å². The number of hydrogen-bond donors (Lipinski definition) is 2. The Hall–Kier alpha value is -3.49. The van der Waals surface area contributed by atoms with E-state index in [0.717, 1.165) is 0 Å². The first-order valence-corrected chi connectivity index (χ1v) is 10.1. The number of carbonyl (C=O) groups excluding carboxylic acids is 2. The summed E-state index contributed by atoms with van der Waals surface area (Å²) in [6, 6.07) is 8.30. The number of amides is 2. The molecule has 162 valence electrons. The SMILES string of the molecule is CC(C)(C)OC(=O)N1CCC(NC(=O)c2n[nH]c3ccc(-c4cccnc4F)cc23)C1. The van der Waals surface area contributed by atoms with Crippen LogP contribution in [-0.2, 0) is 4.74 Å². The third-order valence-corrected chi connectivity index (χ3v) is 5.02. The number of nitrogens with zero attached hydrogens (tertiary/aromatic N) is 3. The number of aromatic nitrogens is 3. The minimum Gasteiger partial charge on any atom is -0.444 e. The minimum absolute atomic E-state index is 0.203. The van der Waals surface area contributed by atoms with Crippen molar-refractivity contribution in [2.75, 3.05) is 13.1 Å². The van der Waals surface area contributed by atoms with Crippen molar-refractivity contribution >= 4 is 22.9 Å². The zero-order valence-electron chi connectivity index (χ0n) is 17.6. The molecule has 1 aromatic carbocycles. The molecule has 0 radical (unpaired) electrons. The van der Waals surface area contributed by atoms with E-state index < -0.39 is 17.6 Å². The first-order valence-electron chi connectivity index (χ1n) is 10.1. The van der Waals surface area contributed by atoms with Gasteiger partial charge in [0.25, 0.3) is 5.91 Å². The van der Waals surface area contributed by atoms with E-state index in [4.69, 9.17) is 4.74 Å². The Kier molecular flexibility index (Phi) is 5.34. The van der Waals surface area contributed by atoms with E-state index in [1.807, 2.05) is 20.8 Å². The topological polar surface area (TPSA) is 100 Å². The Balaban J connectivity index is 1.49. The molecule has 0 bridgehead atoms. The first-order chi connectivity index (χ1) is 14.7. The fraction of sp³-hybridized carbons (Fsp3) is 0.364. The Morgan fingerprint density at radius 3 is 2.84 bits per heavy atom. The molecule has 8 nitrogen and oxygen atoms in total. The van der Waals surface area contributed by atoms with Crippen molar-refractivity contribution in [1.82, 2.24) is 25.4 Å². The molecule has 31 heavy (non-hydrogen) atoms. The molecule has 2 N–H and O–H groups in total. The summed E-state index contributed by atoms with van der Waals surface area (Å²) >= 11 is 0. The van der Waals surface area contributed by atoms with Crippen LogP contribution in [0.25, 0.3) is 22.0 Å². The maximum absolute atomic E-state index is 14.1. The highest BCUT2D eigenvalue weighted by molar-refractivity contribution is 6.05. The van der Waals surface area contributed by atoms with Gasteiger partial charge in [-0.05, 0) is 57.0 Å². The molecule has 3 heterocycles. The van der Waals surface area contributed by atoms with Crippen molar-refractivity contribution in [3.8, 4) is 11.1 Å². The lowest BCUT2D eigenvalue weighted by molar-refractivity contribution is 0.0290. The average molecular weight is 425 g/mol. The summed E-state index contributed by atoms with van der Waals surface area (Å²) in [6.45, 7) is 6.32. The summed E-state index contributed by atoms with van der Waals surface area (Å²) in [5, 5.41) is 10.5. The van der Waals surface area contributed by atoms with Crippen LogP contribution in [0.2, 0.25) is 0 Å². The second kappa shape index (κ2) is 7.98. The van der Waals surface area contributed by atoms with E-state index in [9.17, 15) is 14.0 Å². The highest BCUT2D eigenvalue weighted by Crippen LogP contribution is 2.27.